The molecule has 0 unspecified atom stereocenters. The van der Waals surface area contributed by atoms with Gasteiger partial charge in [0.1, 0.15) is 19.0 Å². The number of ether oxygens (including phenoxy) is 2. The summed E-state index contributed by atoms with van der Waals surface area (Å²) in [7, 11) is 0. The molecule has 0 spiro atoms. The van der Waals surface area contributed by atoms with Crippen LogP contribution in [0.4, 0.5) is 0 Å². The van der Waals surface area contributed by atoms with Gasteiger partial charge in [0, 0.05) is 25.2 Å². The van der Waals surface area contributed by atoms with Crippen LogP contribution in [0.15, 0.2) is 114 Å². The second kappa shape index (κ2) is 13.3. The van der Waals surface area contributed by atoms with Gasteiger partial charge in [0.15, 0.2) is 11.4 Å². The van der Waals surface area contributed by atoms with Gasteiger partial charge in [0.05, 0.1) is 6.61 Å². The van der Waals surface area contributed by atoms with Gasteiger partial charge in [-0.05, 0) is 35.6 Å². The summed E-state index contributed by atoms with van der Waals surface area (Å²) in [6.07, 6.45) is 8.00. The zero-order valence-electron chi connectivity index (χ0n) is 22.4. The molecule has 0 saturated heterocycles. The first kappa shape index (κ1) is 26.8. The summed E-state index contributed by atoms with van der Waals surface area (Å²) >= 11 is 0. The highest BCUT2D eigenvalue weighted by atomic mass is 16.5. The number of pyridine rings is 1. The first-order chi connectivity index (χ1) is 19.7. The lowest BCUT2D eigenvalue weighted by Crippen LogP contribution is -2.46. The number of hydrogen-bond donors (Lipinski definition) is 1. The van der Waals surface area contributed by atoms with Crippen molar-refractivity contribution in [2.75, 3.05) is 25.2 Å². The molecule has 4 aromatic rings. The lowest BCUT2D eigenvalue weighted by atomic mass is 10.0. The van der Waals surface area contributed by atoms with Gasteiger partial charge >= 0.3 is 0 Å². The average Bonchev–Trinajstić information content (AvgIpc) is 2.99. The molecule has 1 aliphatic heterocycles. The highest BCUT2D eigenvalue weighted by Crippen LogP contribution is 2.22. The summed E-state index contributed by atoms with van der Waals surface area (Å²) < 4.78 is 13.5. The van der Waals surface area contributed by atoms with E-state index in [9.17, 15) is 9.59 Å². The van der Waals surface area contributed by atoms with Crippen molar-refractivity contribution in [3.8, 4) is 11.5 Å². The molecule has 0 saturated carbocycles. The minimum atomic E-state index is -0.315. The van der Waals surface area contributed by atoms with Crippen LogP contribution in [0.1, 0.15) is 40.0 Å². The standard InChI is InChI=1S/C33H33N3O4/c37-29-19-21-36-31(32(29)40-24-27-15-7-4-8-16-27)33(38)35(25-34-36)20-11-1-2-12-22-39-30-18-10-9-17-28(30)23-26-13-5-3-6-14-26/h1-10,13-19,21,34H,11-12,20,22-25H2/b2-1-. The number of hydrogen-bond acceptors (Lipinski definition) is 5. The topological polar surface area (TPSA) is 72.8 Å². The van der Waals surface area contributed by atoms with Gasteiger partial charge in [-0.1, -0.05) is 91.0 Å². The Morgan fingerprint density at radius 1 is 0.775 bits per heavy atom. The number of nitrogens with zero attached hydrogens (tertiary/aromatic N) is 2. The Balaban J connectivity index is 1.11. The van der Waals surface area contributed by atoms with Crippen molar-refractivity contribution in [3.63, 3.8) is 0 Å². The Kier molecular flexibility index (Phi) is 8.94. The maximum Gasteiger partial charge on any atom is 0.277 e. The van der Waals surface area contributed by atoms with Crippen LogP contribution in [0, 0.1) is 0 Å². The van der Waals surface area contributed by atoms with Crippen molar-refractivity contribution in [1.29, 1.82) is 0 Å². The third-order valence-corrected chi connectivity index (χ3v) is 6.69. The molecule has 1 amide bonds. The van der Waals surface area contributed by atoms with E-state index >= 15 is 0 Å². The van der Waals surface area contributed by atoms with Gasteiger partial charge in [-0.25, -0.2) is 0 Å². The lowest BCUT2D eigenvalue weighted by molar-refractivity contribution is 0.0722. The molecule has 0 bridgehead atoms. The number of fused-ring (bicyclic) bond motifs is 1. The summed E-state index contributed by atoms with van der Waals surface area (Å²) in [4.78, 5) is 27.6. The summed E-state index contributed by atoms with van der Waals surface area (Å²) in [5.41, 5.74) is 6.42. The molecule has 1 N–H and O–H groups in total. The predicted molar refractivity (Wildman–Crippen MR) is 156 cm³/mol. The van der Waals surface area contributed by atoms with E-state index in [0.29, 0.717) is 26.2 Å². The molecule has 1 aromatic heterocycles. The number of aromatic nitrogens is 1. The molecule has 204 valence electrons. The molecule has 40 heavy (non-hydrogen) atoms. The van der Waals surface area contributed by atoms with Crippen molar-refractivity contribution in [2.45, 2.75) is 25.9 Å². The summed E-state index contributed by atoms with van der Waals surface area (Å²) in [5, 5.41) is 0. The van der Waals surface area contributed by atoms with Crippen molar-refractivity contribution in [1.82, 2.24) is 9.58 Å². The molecule has 7 nitrogen and oxygen atoms in total. The number of nitrogens with one attached hydrogen (secondary N) is 1. The maximum absolute atomic E-state index is 13.3. The minimum absolute atomic E-state index is 0.0637. The normalized spacial score (nSPS) is 12.7. The van der Waals surface area contributed by atoms with Gasteiger partial charge in [-0.2, -0.15) is 0 Å². The largest absolute Gasteiger partial charge is 0.493 e. The number of para-hydroxylation sites is 1. The number of carbonyl (C=O) groups excluding carboxylic acids is 1. The molecule has 1 aliphatic rings. The fraction of sp³-hybridized carbons (Fsp3) is 0.212. The van der Waals surface area contributed by atoms with E-state index in [1.54, 1.807) is 15.8 Å². The number of carbonyl (C=O) groups is 1. The van der Waals surface area contributed by atoms with E-state index < -0.39 is 0 Å². The molecule has 0 fully saturated rings. The molecule has 3 aromatic carbocycles. The van der Waals surface area contributed by atoms with Crippen LogP contribution in [-0.2, 0) is 13.0 Å². The van der Waals surface area contributed by atoms with Crippen molar-refractivity contribution in [2.24, 2.45) is 0 Å². The average molecular weight is 536 g/mol. The van der Waals surface area contributed by atoms with Gasteiger partial charge in [-0.15, -0.1) is 0 Å². The zero-order valence-corrected chi connectivity index (χ0v) is 22.4. The van der Waals surface area contributed by atoms with Crippen LogP contribution in [0.25, 0.3) is 0 Å². The highest BCUT2D eigenvalue weighted by Gasteiger charge is 2.28. The zero-order chi connectivity index (χ0) is 27.6. The fourth-order valence-corrected chi connectivity index (χ4v) is 4.59. The molecule has 5 rings (SSSR count). The first-order valence-corrected chi connectivity index (χ1v) is 13.5. The van der Waals surface area contributed by atoms with Gasteiger partial charge in [0.25, 0.3) is 5.91 Å². The van der Waals surface area contributed by atoms with E-state index in [1.807, 2.05) is 54.6 Å². The molecule has 0 atom stereocenters. The van der Waals surface area contributed by atoms with Crippen molar-refractivity contribution >= 4 is 5.91 Å². The second-order valence-electron chi connectivity index (χ2n) is 9.55. The SMILES string of the molecule is O=C1c2c(OCc3ccccc3)c(=O)ccn2NCN1CC/C=C\CCOc1ccccc1Cc1ccccc1. The van der Waals surface area contributed by atoms with Crippen molar-refractivity contribution < 1.29 is 14.3 Å². The Morgan fingerprint density at radius 3 is 2.27 bits per heavy atom. The van der Waals surface area contributed by atoms with Crippen LogP contribution in [0.3, 0.4) is 0 Å². The third kappa shape index (κ3) is 6.80. The van der Waals surface area contributed by atoms with Gasteiger partial charge < -0.3 is 19.8 Å². The quantitative estimate of drug-likeness (QED) is 0.195. The monoisotopic (exact) mass is 535 g/mol. The Bertz CT molecular complexity index is 1500. The fourth-order valence-electron chi connectivity index (χ4n) is 4.59. The maximum atomic E-state index is 13.3. The number of benzene rings is 3. The van der Waals surface area contributed by atoms with Gasteiger partial charge in [0.2, 0.25) is 5.43 Å². The third-order valence-electron chi connectivity index (χ3n) is 6.69. The summed E-state index contributed by atoms with van der Waals surface area (Å²) in [5.74, 6) is 0.740. The number of amides is 1. The molecule has 7 heteroatoms. The summed E-state index contributed by atoms with van der Waals surface area (Å²) in [6, 6.07) is 29.5. The van der Waals surface area contributed by atoms with Crippen molar-refractivity contribution in [3.05, 3.63) is 142 Å². The van der Waals surface area contributed by atoms with Crippen LogP contribution >= 0.6 is 0 Å². The molecule has 0 aliphatic carbocycles. The van der Waals surface area contributed by atoms with Crippen LogP contribution < -0.4 is 20.3 Å². The van der Waals surface area contributed by atoms with Crippen LogP contribution in [0.2, 0.25) is 0 Å². The molecule has 0 radical (unpaired) electrons. The molecule has 2 heterocycles. The van der Waals surface area contributed by atoms with E-state index in [4.69, 9.17) is 9.47 Å². The first-order valence-electron chi connectivity index (χ1n) is 13.5. The molecular weight excluding hydrogens is 502 g/mol. The van der Waals surface area contributed by atoms with E-state index in [1.165, 1.54) is 17.2 Å². The highest BCUT2D eigenvalue weighted by molar-refractivity contribution is 5.96. The predicted octanol–water partition coefficient (Wildman–Crippen LogP) is 5.39. The van der Waals surface area contributed by atoms with E-state index in [2.05, 4.69) is 47.9 Å². The smallest absolute Gasteiger partial charge is 0.277 e. The van der Waals surface area contributed by atoms with Crippen LogP contribution in [0.5, 0.6) is 11.5 Å². The Hall–Kier alpha value is -4.78. The van der Waals surface area contributed by atoms with Gasteiger partial charge in [-0.3, -0.25) is 14.3 Å². The lowest BCUT2D eigenvalue weighted by Gasteiger charge is -2.31. The Morgan fingerprint density at radius 2 is 1.48 bits per heavy atom. The number of rotatable bonds is 12. The van der Waals surface area contributed by atoms with E-state index in [-0.39, 0.29) is 29.4 Å². The van der Waals surface area contributed by atoms with Crippen LogP contribution in [-0.4, -0.2) is 35.3 Å². The second-order valence-corrected chi connectivity index (χ2v) is 9.55. The van der Waals surface area contributed by atoms with E-state index in [0.717, 1.165) is 24.2 Å². The molecular formula is C33H33N3O4. The summed E-state index contributed by atoms with van der Waals surface area (Å²) in [6.45, 7) is 1.65. The minimum Gasteiger partial charge on any atom is -0.493 e. The Labute approximate surface area is 234 Å².